The number of fused-ring (bicyclic) bond motifs is 2. The third-order valence-electron chi connectivity index (χ3n) is 12.5. The van der Waals surface area contributed by atoms with E-state index in [1.807, 2.05) is 53.4 Å². The fourth-order valence-electron chi connectivity index (χ4n) is 9.28. The number of benzene rings is 2. The van der Waals surface area contributed by atoms with Gasteiger partial charge in [0.05, 0.1) is 37.7 Å². The topological polar surface area (TPSA) is 204 Å². The standard InChI is InChI=1S/C41H44Cl2N8O8/c1-57-40(55)46-32(23-11-13-59-14-12-23)38(53)50-26-15-24(26)17-28(50)35-44-30(33(42)47-35)21-7-3-19(4-8-21)20-5-9-22(10-6-20)31-34(43)48-36(45-31)29-18-25-16-27(25)51(29)39(54)37(52)49-41(56)58-2/h3-10,23-29,32,37,52H,11-18H2,1-2H3,(H,44,47)(H,45,48)(H,46,55)(H,49,56)/t24-,25-,26-,27-,28+,29+,32+,37+/m1/s1. The third kappa shape index (κ3) is 7.51. The Labute approximate surface area is 349 Å². The van der Waals surface area contributed by atoms with Crippen molar-refractivity contribution in [3.05, 3.63) is 70.5 Å². The molecule has 59 heavy (non-hydrogen) atoms. The molecule has 5 heterocycles. The molecule has 8 atom stereocenters. The van der Waals surface area contributed by atoms with Crippen LogP contribution in [-0.2, 0) is 23.8 Å². The van der Waals surface area contributed by atoms with E-state index in [2.05, 4.69) is 30.3 Å². The van der Waals surface area contributed by atoms with Crippen molar-refractivity contribution >= 4 is 47.2 Å². The molecule has 3 aliphatic heterocycles. The van der Waals surface area contributed by atoms with E-state index in [9.17, 15) is 24.3 Å². The summed E-state index contributed by atoms with van der Waals surface area (Å²) >= 11 is 13.4. The first-order valence-corrected chi connectivity index (χ1v) is 20.6. The van der Waals surface area contributed by atoms with Gasteiger partial charge in [-0.2, -0.15) is 0 Å². The summed E-state index contributed by atoms with van der Waals surface area (Å²) in [4.78, 5) is 70.8. The number of carbonyl (C=O) groups excluding carboxylic acids is 4. The Morgan fingerprint density at radius 1 is 0.712 bits per heavy atom. The number of halogens is 2. The Hall–Kier alpha value is -5.16. The molecule has 5 fully saturated rings. The average Bonchev–Trinajstić information content (AvgIpc) is 3.97. The van der Waals surface area contributed by atoms with E-state index in [0.717, 1.165) is 48.6 Å². The number of alkyl carbamates (subject to hydrolysis) is 2. The van der Waals surface area contributed by atoms with Crippen molar-refractivity contribution in [1.29, 1.82) is 0 Å². The summed E-state index contributed by atoms with van der Waals surface area (Å²) in [5.74, 6) is 0.970. The molecule has 9 rings (SSSR count). The number of nitrogens with one attached hydrogen (secondary N) is 4. The maximum atomic E-state index is 14.2. The average molecular weight is 848 g/mol. The molecule has 2 aromatic heterocycles. The lowest BCUT2D eigenvalue weighted by Crippen LogP contribution is -2.54. The summed E-state index contributed by atoms with van der Waals surface area (Å²) in [7, 11) is 2.45. The van der Waals surface area contributed by atoms with Crippen LogP contribution in [0.2, 0.25) is 10.3 Å². The molecule has 2 saturated carbocycles. The highest BCUT2D eigenvalue weighted by atomic mass is 35.5. The van der Waals surface area contributed by atoms with Crippen molar-refractivity contribution in [1.82, 2.24) is 40.4 Å². The Morgan fingerprint density at radius 3 is 1.63 bits per heavy atom. The van der Waals surface area contributed by atoms with Crippen LogP contribution in [0, 0.1) is 17.8 Å². The maximum absolute atomic E-state index is 14.2. The molecule has 3 saturated heterocycles. The molecule has 4 amide bonds. The van der Waals surface area contributed by atoms with Crippen molar-refractivity contribution in [2.75, 3.05) is 27.4 Å². The van der Waals surface area contributed by atoms with E-state index in [1.54, 1.807) is 4.90 Å². The van der Waals surface area contributed by atoms with Gasteiger partial charge in [0, 0.05) is 36.4 Å². The van der Waals surface area contributed by atoms with Gasteiger partial charge in [-0.15, -0.1) is 0 Å². The Balaban J connectivity index is 0.887. The molecule has 18 heteroatoms. The second-order valence-electron chi connectivity index (χ2n) is 16.0. The number of aromatic amines is 2. The van der Waals surface area contributed by atoms with Crippen LogP contribution in [0.15, 0.2) is 48.5 Å². The largest absolute Gasteiger partial charge is 0.453 e. The van der Waals surface area contributed by atoms with Crippen molar-refractivity contribution < 1.29 is 38.5 Å². The third-order valence-corrected chi connectivity index (χ3v) is 13.1. The summed E-state index contributed by atoms with van der Waals surface area (Å²) in [5, 5.41) is 15.9. The monoisotopic (exact) mass is 846 g/mol. The number of nitrogens with zero attached hydrogens (tertiary/aromatic N) is 4. The lowest BCUT2D eigenvalue weighted by Gasteiger charge is -2.35. The molecule has 0 spiro atoms. The summed E-state index contributed by atoms with van der Waals surface area (Å²) in [6.45, 7) is 1.07. The van der Waals surface area contributed by atoms with Crippen molar-refractivity contribution in [3.63, 3.8) is 0 Å². The summed E-state index contributed by atoms with van der Waals surface area (Å²) in [6.07, 6.45) is 1.24. The number of likely N-dealkylation sites (tertiary alicyclic amines) is 2. The zero-order chi connectivity index (χ0) is 41.1. The number of H-pyrrole nitrogens is 2. The zero-order valence-electron chi connectivity index (χ0n) is 32.3. The number of hydrogen-bond donors (Lipinski definition) is 5. The van der Waals surface area contributed by atoms with E-state index < -0.39 is 36.4 Å². The van der Waals surface area contributed by atoms with Gasteiger partial charge in [-0.3, -0.25) is 14.9 Å². The highest BCUT2D eigenvalue weighted by Crippen LogP contribution is 2.55. The molecular formula is C41H44Cl2N8O8. The lowest BCUT2D eigenvalue weighted by molar-refractivity contribution is -0.144. The lowest BCUT2D eigenvalue weighted by atomic mass is 9.90. The molecule has 0 unspecified atom stereocenters. The molecule has 2 aliphatic carbocycles. The van der Waals surface area contributed by atoms with E-state index >= 15 is 0 Å². The molecule has 16 nitrogen and oxygen atoms in total. The highest BCUT2D eigenvalue weighted by Gasteiger charge is 2.57. The first-order valence-electron chi connectivity index (χ1n) is 19.8. The van der Waals surface area contributed by atoms with Crippen LogP contribution < -0.4 is 10.6 Å². The predicted octanol–water partition coefficient (Wildman–Crippen LogP) is 5.59. The van der Waals surface area contributed by atoms with Crippen molar-refractivity contribution in [2.45, 2.75) is 75.0 Å². The second kappa shape index (κ2) is 15.8. The molecular weight excluding hydrogens is 803 g/mol. The molecule has 0 bridgehead atoms. The van der Waals surface area contributed by atoms with Gasteiger partial charge in [0.2, 0.25) is 12.1 Å². The van der Waals surface area contributed by atoms with Gasteiger partial charge in [0.15, 0.2) is 10.3 Å². The fraction of sp³-hybridized carbons (Fsp3) is 0.463. The van der Waals surface area contributed by atoms with E-state index in [4.69, 9.17) is 37.7 Å². The predicted molar refractivity (Wildman–Crippen MR) is 214 cm³/mol. The number of amides is 4. The van der Waals surface area contributed by atoms with E-state index in [-0.39, 0.29) is 41.0 Å². The minimum Gasteiger partial charge on any atom is -0.453 e. The number of imidazole rings is 2. The van der Waals surface area contributed by atoms with Gasteiger partial charge in [0.1, 0.15) is 17.7 Å². The summed E-state index contributed by atoms with van der Waals surface area (Å²) in [6, 6.07) is 14.4. The fourth-order valence-corrected chi connectivity index (χ4v) is 9.78. The molecule has 5 aliphatic rings. The van der Waals surface area contributed by atoms with Crippen molar-refractivity contribution in [2.24, 2.45) is 17.8 Å². The van der Waals surface area contributed by atoms with Crippen LogP contribution in [0.3, 0.4) is 0 Å². The molecule has 2 aromatic carbocycles. The van der Waals surface area contributed by atoms with Gasteiger partial charge in [-0.05, 0) is 67.4 Å². The minimum atomic E-state index is -1.74. The van der Waals surface area contributed by atoms with Gasteiger partial charge < -0.3 is 44.4 Å². The second-order valence-corrected chi connectivity index (χ2v) is 16.7. The number of aliphatic hydroxyl groups excluding tert-OH is 1. The van der Waals surface area contributed by atoms with Crippen molar-refractivity contribution in [3.8, 4) is 33.6 Å². The number of aliphatic hydroxyl groups is 1. The van der Waals surface area contributed by atoms with Crippen LogP contribution in [0.4, 0.5) is 9.59 Å². The van der Waals surface area contributed by atoms with Crippen LogP contribution >= 0.6 is 23.2 Å². The summed E-state index contributed by atoms with van der Waals surface area (Å²) < 4.78 is 14.9. The summed E-state index contributed by atoms with van der Waals surface area (Å²) in [5.41, 5.74) is 4.83. The molecule has 4 aromatic rings. The van der Waals surface area contributed by atoms with Gasteiger partial charge in [-0.1, -0.05) is 71.7 Å². The number of hydrogen-bond acceptors (Lipinski definition) is 10. The number of aromatic nitrogens is 4. The van der Waals surface area contributed by atoms with Gasteiger partial charge in [-0.25, -0.2) is 19.6 Å². The van der Waals surface area contributed by atoms with Gasteiger partial charge >= 0.3 is 12.2 Å². The number of piperidine rings is 2. The first-order chi connectivity index (χ1) is 28.5. The maximum Gasteiger partial charge on any atom is 0.409 e. The number of carbonyl (C=O) groups is 4. The zero-order valence-corrected chi connectivity index (χ0v) is 33.8. The van der Waals surface area contributed by atoms with E-state index in [1.165, 1.54) is 7.11 Å². The number of ether oxygens (including phenoxy) is 3. The van der Waals surface area contributed by atoms with Crippen LogP contribution in [0.1, 0.15) is 62.3 Å². The van der Waals surface area contributed by atoms with Crippen LogP contribution in [-0.4, -0.2) is 111 Å². The van der Waals surface area contributed by atoms with Crippen LogP contribution in [0.5, 0.6) is 0 Å². The minimum absolute atomic E-state index is 0.0386. The van der Waals surface area contributed by atoms with Crippen LogP contribution in [0.25, 0.3) is 33.6 Å². The quantitative estimate of drug-likeness (QED) is 0.125. The number of methoxy groups -OCH3 is 2. The normalized spacial score (nSPS) is 25.4. The first kappa shape index (κ1) is 39.3. The molecule has 0 radical (unpaired) electrons. The smallest absolute Gasteiger partial charge is 0.409 e. The number of rotatable bonds is 10. The molecule has 5 N–H and O–H groups in total. The highest BCUT2D eigenvalue weighted by molar-refractivity contribution is 6.32. The Morgan fingerprint density at radius 2 is 1.15 bits per heavy atom. The molecule has 310 valence electrons. The SMILES string of the molecule is COC(=O)N[C@@H](O)C(=O)N1[C@@H]2C[C@@H]2C[C@H]1c1nc(Cl)c(-c2ccc(-c3ccc(-c4[nH]c([C@@H]5C[C@H]6C[C@H]6N5C(=O)[C@@H](NC(=O)OC)C5CCOCC5)nc4Cl)cc3)cc2)[nH]1. The van der Waals surface area contributed by atoms with E-state index in [0.29, 0.717) is 66.6 Å². The Bertz CT molecular complexity index is 2260. The Kier molecular flexibility index (Phi) is 10.5. The van der Waals surface area contributed by atoms with Gasteiger partial charge in [0.25, 0.3) is 5.91 Å².